The molecule has 5 nitrogen and oxygen atoms in total. The number of rotatable bonds is 3. The highest BCUT2D eigenvalue weighted by molar-refractivity contribution is 5.86. The first kappa shape index (κ1) is 13.9. The van der Waals surface area contributed by atoms with Crippen LogP contribution in [0.1, 0.15) is 25.7 Å². The Morgan fingerprint density at radius 2 is 1.86 bits per heavy atom. The summed E-state index contributed by atoms with van der Waals surface area (Å²) in [5, 5.41) is 3.01. The Bertz CT molecular complexity index is 510. The summed E-state index contributed by atoms with van der Waals surface area (Å²) in [4.78, 5) is 25.4. The van der Waals surface area contributed by atoms with Gasteiger partial charge in [0.05, 0.1) is 0 Å². The second-order valence-electron chi connectivity index (χ2n) is 5.62. The lowest BCUT2D eigenvalue weighted by Crippen LogP contribution is -2.47. The number of hydrogen-bond acceptors (Lipinski definition) is 4. The molecule has 112 valence electrons. The molecule has 21 heavy (non-hydrogen) atoms. The topological polar surface area (TPSA) is 58.6 Å². The highest BCUT2D eigenvalue weighted by atomic mass is 16.6. The van der Waals surface area contributed by atoms with Crippen LogP contribution in [0.2, 0.25) is 0 Å². The molecular formula is C16H20N2O3. The maximum absolute atomic E-state index is 12.0. The summed E-state index contributed by atoms with van der Waals surface area (Å²) in [7, 11) is 0. The van der Waals surface area contributed by atoms with Gasteiger partial charge in [0.1, 0.15) is 0 Å². The van der Waals surface area contributed by atoms with Crippen molar-refractivity contribution in [2.75, 3.05) is 18.0 Å². The van der Waals surface area contributed by atoms with Crippen molar-refractivity contribution >= 4 is 17.6 Å². The van der Waals surface area contributed by atoms with Crippen molar-refractivity contribution in [1.82, 2.24) is 5.32 Å². The number of esters is 1. The zero-order valence-corrected chi connectivity index (χ0v) is 12.0. The van der Waals surface area contributed by atoms with Gasteiger partial charge in [-0.15, -0.1) is 0 Å². The van der Waals surface area contributed by atoms with Crippen molar-refractivity contribution < 1.29 is 14.3 Å². The van der Waals surface area contributed by atoms with E-state index in [1.807, 2.05) is 18.2 Å². The summed E-state index contributed by atoms with van der Waals surface area (Å²) in [6, 6.07) is 10.5. The highest BCUT2D eigenvalue weighted by Crippen LogP contribution is 2.20. The number of nitrogens with zero attached hydrogens (tertiary/aromatic N) is 1. The first-order valence-corrected chi connectivity index (χ1v) is 7.52. The minimum Gasteiger partial charge on any atom is -0.452 e. The Balaban J connectivity index is 1.48. The monoisotopic (exact) mass is 288 g/mol. The predicted molar refractivity (Wildman–Crippen MR) is 78.9 cm³/mol. The SMILES string of the molecule is O=C1CCC(C(=O)NC2CCN(c3ccccc3)CC2)O1. The molecule has 1 N–H and O–H groups in total. The predicted octanol–water partition coefficient (Wildman–Crippen LogP) is 1.48. The van der Waals surface area contributed by atoms with Crippen molar-refractivity contribution in [2.24, 2.45) is 0 Å². The molecule has 0 bridgehead atoms. The van der Waals surface area contributed by atoms with Crippen molar-refractivity contribution in [1.29, 1.82) is 0 Å². The molecule has 1 unspecified atom stereocenters. The van der Waals surface area contributed by atoms with E-state index in [1.165, 1.54) is 5.69 Å². The van der Waals surface area contributed by atoms with Gasteiger partial charge in [-0.1, -0.05) is 18.2 Å². The Kier molecular flexibility index (Phi) is 4.08. The normalized spacial score (nSPS) is 23.0. The van der Waals surface area contributed by atoms with Crippen molar-refractivity contribution in [3.8, 4) is 0 Å². The molecule has 0 aliphatic carbocycles. The van der Waals surface area contributed by atoms with Crippen LogP contribution in [0, 0.1) is 0 Å². The number of benzene rings is 1. The lowest BCUT2D eigenvalue weighted by atomic mass is 10.0. The summed E-state index contributed by atoms with van der Waals surface area (Å²) in [6.07, 6.45) is 2.12. The van der Waals surface area contributed by atoms with Crippen LogP contribution in [0.3, 0.4) is 0 Å². The van der Waals surface area contributed by atoms with Gasteiger partial charge in [0, 0.05) is 37.7 Å². The molecule has 0 spiro atoms. The summed E-state index contributed by atoms with van der Waals surface area (Å²) >= 11 is 0. The quantitative estimate of drug-likeness (QED) is 0.856. The number of carbonyl (C=O) groups is 2. The van der Waals surface area contributed by atoms with Gasteiger partial charge in [0.25, 0.3) is 5.91 Å². The minimum absolute atomic E-state index is 0.140. The average Bonchev–Trinajstić information content (AvgIpc) is 2.96. The van der Waals surface area contributed by atoms with Gasteiger partial charge in [-0.2, -0.15) is 0 Å². The molecular weight excluding hydrogens is 268 g/mol. The molecule has 1 aromatic rings. The number of amides is 1. The third-order valence-corrected chi connectivity index (χ3v) is 4.14. The molecule has 2 aliphatic rings. The largest absolute Gasteiger partial charge is 0.452 e. The van der Waals surface area contributed by atoms with Crippen LogP contribution in [0.5, 0.6) is 0 Å². The number of nitrogens with one attached hydrogen (secondary N) is 1. The van der Waals surface area contributed by atoms with Gasteiger partial charge >= 0.3 is 5.97 Å². The van der Waals surface area contributed by atoms with E-state index in [1.54, 1.807) is 0 Å². The van der Waals surface area contributed by atoms with E-state index in [-0.39, 0.29) is 17.9 Å². The first-order chi connectivity index (χ1) is 10.2. The molecule has 2 heterocycles. The number of ether oxygens (including phenoxy) is 1. The molecule has 3 rings (SSSR count). The zero-order chi connectivity index (χ0) is 14.7. The van der Waals surface area contributed by atoms with Gasteiger partial charge in [-0.3, -0.25) is 9.59 Å². The van der Waals surface area contributed by atoms with E-state index in [0.29, 0.717) is 12.8 Å². The molecule has 0 radical (unpaired) electrons. The van der Waals surface area contributed by atoms with E-state index in [4.69, 9.17) is 4.74 Å². The zero-order valence-electron chi connectivity index (χ0n) is 12.0. The van der Waals surface area contributed by atoms with Crippen LogP contribution in [-0.2, 0) is 14.3 Å². The smallest absolute Gasteiger partial charge is 0.306 e. The van der Waals surface area contributed by atoms with E-state index >= 15 is 0 Å². The lowest BCUT2D eigenvalue weighted by Gasteiger charge is -2.34. The van der Waals surface area contributed by atoms with Gasteiger partial charge in [0.2, 0.25) is 0 Å². The number of carbonyl (C=O) groups excluding carboxylic acids is 2. The van der Waals surface area contributed by atoms with Gasteiger partial charge in [0.15, 0.2) is 6.10 Å². The summed E-state index contributed by atoms with van der Waals surface area (Å²) < 4.78 is 4.99. The maximum Gasteiger partial charge on any atom is 0.306 e. The number of para-hydroxylation sites is 1. The van der Waals surface area contributed by atoms with Crippen LogP contribution in [0.15, 0.2) is 30.3 Å². The van der Waals surface area contributed by atoms with Crippen molar-refractivity contribution in [2.45, 2.75) is 37.8 Å². The van der Waals surface area contributed by atoms with Crippen LogP contribution >= 0.6 is 0 Å². The third-order valence-electron chi connectivity index (χ3n) is 4.14. The number of piperidine rings is 1. The molecule has 1 amide bonds. The average molecular weight is 288 g/mol. The van der Waals surface area contributed by atoms with E-state index < -0.39 is 6.10 Å². The minimum atomic E-state index is -0.579. The lowest BCUT2D eigenvalue weighted by molar-refractivity contribution is -0.148. The fraction of sp³-hybridized carbons (Fsp3) is 0.500. The third kappa shape index (κ3) is 3.35. The standard InChI is InChI=1S/C16H20N2O3/c19-15-7-6-14(21-15)16(20)17-12-8-10-18(11-9-12)13-4-2-1-3-5-13/h1-5,12,14H,6-11H2,(H,17,20). The molecule has 5 heteroatoms. The fourth-order valence-electron chi connectivity index (χ4n) is 2.93. The Morgan fingerprint density at radius 1 is 1.14 bits per heavy atom. The molecule has 2 saturated heterocycles. The molecule has 1 aromatic carbocycles. The Labute approximate surface area is 124 Å². The van der Waals surface area contributed by atoms with Gasteiger partial charge < -0.3 is 15.0 Å². The summed E-state index contributed by atoms with van der Waals surface area (Å²) in [5.74, 6) is -0.409. The van der Waals surface area contributed by atoms with Crippen LogP contribution in [0.25, 0.3) is 0 Å². The molecule has 0 saturated carbocycles. The molecule has 1 atom stereocenters. The number of hydrogen-bond donors (Lipinski definition) is 1. The van der Waals surface area contributed by atoms with Crippen LogP contribution in [0.4, 0.5) is 5.69 Å². The second-order valence-corrected chi connectivity index (χ2v) is 5.62. The molecule has 2 aliphatic heterocycles. The van der Waals surface area contributed by atoms with E-state index in [0.717, 1.165) is 25.9 Å². The van der Waals surface area contributed by atoms with Gasteiger partial charge in [-0.25, -0.2) is 0 Å². The molecule has 2 fully saturated rings. The number of anilines is 1. The van der Waals surface area contributed by atoms with Crippen molar-refractivity contribution in [3.63, 3.8) is 0 Å². The van der Waals surface area contributed by atoms with Gasteiger partial charge in [-0.05, 0) is 25.0 Å². The Morgan fingerprint density at radius 3 is 2.48 bits per heavy atom. The number of cyclic esters (lactones) is 1. The van der Waals surface area contributed by atoms with E-state index in [2.05, 4.69) is 22.3 Å². The van der Waals surface area contributed by atoms with Crippen LogP contribution < -0.4 is 10.2 Å². The molecule has 0 aromatic heterocycles. The first-order valence-electron chi connectivity index (χ1n) is 7.52. The summed E-state index contributed by atoms with van der Waals surface area (Å²) in [6.45, 7) is 1.86. The summed E-state index contributed by atoms with van der Waals surface area (Å²) in [5.41, 5.74) is 1.23. The van der Waals surface area contributed by atoms with Crippen molar-refractivity contribution in [3.05, 3.63) is 30.3 Å². The van der Waals surface area contributed by atoms with Crippen LogP contribution in [-0.4, -0.2) is 37.1 Å². The second kappa shape index (κ2) is 6.16. The fourth-order valence-corrected chi connectivity index (χ4v) is 2.93. The highest BCUT2D eigenvalue weighted by Gasteiger charge is 2.31. The van der Waals surface area contributed by atoms with E-state index in [9.17, 15) is 9.59 Å². The maximum atomic E-state index is 12.0. The Hall–Kier alpha value is -2.04.